The zero-order valence-electron chi connectivity index (χ0n) is 13.6. The van der Waals surface area contributed by atoms with Crippen molar-refractivity contribution in [1.82, 2.24) is 10.6 Å². The van der Waals surface area contributed by atoms with Crippen molar-refractivity contribution in [3.8, 4) is 0 Å². The fourth-order valence-corrected chi connectivity index (χ4v) is 1.81. The van der Waals surface area contributed by atoms with Gasteiger partial charge in [-0.15, -0.1) is 0 Å². The van der Waals surface area contributed by atoms with Gasteiger partial charge in [0, 0.05) is 20.6 Å². The Hall–Kier alpha value is -2.12. The van der Waals surface area contributed by atoms with Gasteiger partial charge in [-0.05, 0) is 25.1 Å². The number of carbonyl (C=O) groups is 3. The van der Waals surface area contributed by atoms with Crippen LogP contribution in [0.5, 0.6) is 0 Å². The fourth-order valence-electron chi connectivity index (χ4n) is 1.81. The molecule has 0 spiro atoms. The Balaban J connectivity index is 0.000000423. The maximum Gasteiger partial charge on any atom is 0.236 e. The van der Waals surface area contributed by atoms with E-state index in [2.05, 4.69) is 10.6 Å². The molecule has 0 saturated carbocycles. The third kappa shape index (κ3) is 7.62. The van der Waals surface area contributed by atoms with Gasteiger partial charge in [0.05, 0.1) is 18.2 Å². The third-order valence-corrected chi connectivity index (χ3v) is 3.05. The van der Waals surface area contributed by atoms with Crippen molar-refractivity contribution in [1.29, 1.82) is 0 Å². The van der Waals surface area contributed by atoms with Crippen molar-refractivity contribution in [3.05, 3.63) is 35.1 Å². The summed E-state index contributed by atoms with van der Waals surface area (Å²) >= 11 is 0. The molecule has 0 aliphatic heterocycles. The number of amides is 1. The zero-order valence-corrected chi connectivity index (χ0v) is 13.6. The van der Waals surface area contributed by atoms with Crippen LogP contribution in [0.3, 0.4) is 0 Å². The van der Waals surface area contributed by atoms with Gasteiger partial charge in [0.25, 0.3) is 0 Å². The molecule has 6 nitrogen and oxygen atoms in total. The highest BCUT2D eigenvalue weighted by Gasteiger charge is 2.12. The van der Waals surface area contributed by atoms with Crippen molar-refractivity contribution < 1.29 is 23.5 Å². The monoisotopic (exact) mass is 326 g/mol. The van der Waals surface area contributed by atoms with E-state index in [9.17, 15) is 18.8 Å². The predicted molar refractivity (Wildman–Crippen MR) is 84.7 cm³/mol. The normalized spacial score (nSPS) is 11.0. The van der Waals surface area contributed by atoms with E-state index in [1.807, 2.05) is 0 Å². The summed E-state index contributed by atoms with van der Waals surface area (Å²) in [4.78, 5) is 31.4. The third-order valence-electron chi connectivity index (χ3n) is 3.05. The van der Waals surface area contributed by atoms with Crippen LogP contribution in [0.15, 0.2) is 18.2 Å². The number of likely N-dealkylation sites (N-methyl/N-ethyl adjacent to an activating group) is 2. The van der Waals surface area contributed by atoms with E-state index in [4.69, 9.17) is 4.74 Å². The summed E-state index contributed by atoms with van der Waals surface area (Å²) in [5.41, 5.74) is 0.659. The van der Waals surface area contributed by atoms with Gasteiger partial charge in [-0.2, -0.15) is 0 Å². The lowest BCUT2D eigenvalue weighted by molar-refractivity contribution is -0.122. The number of aldehydes is 2. The molecule has 0 fully saturated rings. The molecule has 7 heteroatoms. The number of nitrogens with one attached hydrogen (secondary N) is 2. The number of carbonyl (C=O) groups excluding carboxylic acids is 3. The molecule has 1 aromatic rings. The minimum absolute atomic E-state index is 0.0747. The molecule has 1 rings (SSSR count). The summed E-state index contributed by atoms with van der Waals surface area (Å²) in [7, 11) is 4.78. The van der Waals surface area contributed by atoms with Crippen LogP contribution in [-0.4, -0.2) is 45.7 Å². The lowest BCUT2D eigenvalue weighted by atomic mass is 10.1. The molecular formula is C16H23FN2O4. The van der Waals surface area contributed by atoms with Gasteiger partial charge in [-0.25, -0.2) is 4.39 Å². The second-order valence-corrected chi connectivity index (χ2v) is 4.56. The van der Waals surface area contributed by atoms with Gasteiger partial charge in [-0.3, -0.25) is 9.59 Å². The first-order chi connectivity index (χ1) is 11.0. The molecular weight excluding hydrogens is 303 g/mol. The summed E-state index contributed by atoms with van der Waals surface area (Å²) in [6.07, 6.45) is 2.29. The number of benzene rings is 1. The Bertz CT molecular complexity index is 509. The summed E-state index contributed by atoms with van der Waals surface area (Å²) in [6, 6.07) is 4.22. The summed E-state index contributed by atoms with van der Waals surface area (Å²) in [5, 5.41) is 5.32. The van der Waals surface area contributed by atoms with Crippen LogP contribution in [0.25, 0.3) is 0 Å². The first-order valence-electron chi connectivity index (χ1n) is 7.09. The molecule has 0 aliphatic carbocycles. The lowest BCUT2D eigenvalue weighted by Gasteiger charge is -2.11. The fraction of sp³-hybridized carbons (Fsp3) is 0.438. The molecule has 0 aromatic heterocycles. The summed E-state index contributed by atoms with van der Waals surface area (Å²) in [6.45, 7) is 0.256. The maximum absolute atomic E-state index is 12.9. The van der Waals surface area contributed by atoms with Gasteiger partial charge >= 0.3 is 0 Å². The van der Waals surface area contributed by atoms with Crippen LogP contribution < -0.4 is 10.6 Å². The smallest absolute Gasteiger partial charge is 0.236 e. The lowest BCUT2D eigenvalue weighted by Crippen LogP contribution is -2.40. The molecule has 1 aromatic carbocycles. The van der Waals surface area contributed by atoms with Gasteiger partial charge in [0.2, 0.25) is 5.91 Å². The van der Waals surface area contributed by atoms with Gasteiger partial charge in [0.1, 0.15) is 12.1 Å². The number of methoxy groups -OCH3 is 1. The van der Waals surface area contributed by atoms with Gasteiger partial charge in [-0.1, -0.05) is 12.1 Å². The molecule has 1 amide bonds. The predicted octanol–water partition coefficient (Wildman–Crippen LogP) is 1.08. The molecule has 0 bridgehead atoms. The minimum Gasteiger partial charge on any atom is -0.380 e. The molecule has 128 valence electrons. The highest BCUT2D eigenvalue weighted by Crippen LogP contribution is 2.11. The van der Waals surface area contributed by atoms with E-state index in [1.165, 1.54) is 13.2 Å². The Morgan fingerprint density at radius 2 is 2.04 bits per heavy atom. The number of hydrogen-bond donors (Lipinski definition) is 2. The molecule has 0 heterocycles. The molecule has 0 saturated heterocycles. The van der Waals surface area contributed by atoms with E-state index in [0.717, 1.165) is 6.29 Å². The van der Waals surface area contributed by atoms with Crippen LogP contribution in [-0.2, 0) is 20.9 Å². The van der Waals surface area contributed by atoms with Crippen LogP contribution in [0, 0.1) is 5.82 Å². The van der Waals surface area contributed by atoms with Crippen LogP contribution >= 0.6 is 0 Å². The zero-order chi connectivity index (χ0) is 17.7. The number of hydrogen-bond acceptors (Lipinski definition) is 5. The standard InChI is InChI=1S/C9H9FO2.C7H14N2O2/c1-12-6-7-3-2-4-9(10)8(7)5-11;1-8-6(4-3-5-10)7(11)9-2/h2-5H,6H2,1H3;5-6,8H,3-4H2,1-2H3,(H,9,11). The largest absolute Gasteiger partial charge is 0.380 e. The second-order valence-electron chi connectivity index (χ2n) is 4.56. The van der Waals surface area contributed by atoms with Crippen molar-refractivity contribution in [3.63, 3.8) is 0 Å². The van der Waals surface area contributed by atoms with Crippen molar-refractivity contribution in [2.45, 2.75) is 25.5 Å². The van der Waals surface area contributed by atoms with E-state index in [1.54, 1.807) is 26.2 Å². The highest BCUT2D eigenvalue weighted by atomic mass is 19.1. The first kappa shape index (κ1) is 20.9. The van der Waals surface area contributed by atoms with Crippen LogP contribution in [0.2, 0.25) is 0 Å². The summed E-state index contributed by atoms with van der Waals surface area (Å²) in [5.74, 6) is -0.575. The van der Waals surface area contributed by atoms with E-state index in [-0.39, 0.29) is 24.1 Å². The quantitative estimate of drug-likeness (QED) is 0.699. The Morgan fingerprint density at radius 3 is 2.52 bits per heavy atom. The Morgan fingerprint density at radius 1 is 1.35 bits per heavy atom. The SMILES string of the molecule is CNC(=O)C(CCC=O)NC.COCc1cccc(F)c1C=O. The van der Waals surface area contributed by atoms with E-state index < -0.39 is 5.82 Å². The average molecular weight is 326 g/mol. The van der Waals surface area contributed by atoms with Crippen molar-refractivity contribution >= 4 is 18.5 Å². The Kier molecular flexibility index (Phi) is 11.3. The first-order valence-corrected chi connectivity index (χ1v) is 7.09. The second kappa shape index (κ2) is 12.4. The minimum atomic E-state index is -0.500. The molecule has 1 atom stereocenters. The Labute approximate surface area is 135 Å². The molecule has 0 radical (unpaired) electrons. The maximum atomic E-state index is 12.9. The van der Waals surface area contributed by atoms with Crippen molar-refractivity contribution in [2.75, 3.05) is 21.2 Å². The van der Waals surface area contributed by atoms with Gasteiger partial charge < -0.3 is 20.2 Å². The number of rotatable bonds is 8. The summed E-state index contributed by atoms with van der Waals surface area (Å²) < 4.78 is 17.7. The average Bonchev–Trinajstić information content (AvgIpc) is 2.56. The van der Waals surface area contributed by atoms with Gasteiger partial charge in [0.15, 0.2) is 6.29 Å². The topological polar surface area (TPSA) is 84.5 Å². The number of halogens is 1. The van der Waals surface area contributed by atoms with E-state index in [0.29, 0.717) is 24.7 Å². The molecule has 2 N–H and O–H groups in total. The number of ether oxygens (including phenoxy) is 1. The van der Waals surface area contributed by atoms with Crippen LogP contribution in [0.4, 0.5) is 4.39 Å². The van der Waals surface area contributed by atoms with Crippen LogP contribution in [0.1, 0.15) is 28.8 Å². The highest BCUT2D eigenvalue weighted by molar-refractivity contribution is 5.81. The van der Waals surface area contributed by atoms with E-state index >= 15 is 0 Å². The molecule has 1 unspecified atom stereocenters. The van der Waals surface area contributed by atoms with Crippen molar-refractivity contribution in [2.24, 2.45) is 0 Å². The molecule has 0 aliphatic rings. The molecule has 23 heavy (non-hydrogen) atoms.